The summed E-state index contributed by atoms with van der Waals surface area (Å²) in [5, 5.41) is 12.5. The number of nitrogens with one attached hydrogen (secondary N) is 1. The van der Waals surface area contributed by atoms with Gasteiger partial charge in [-0.3, -0.25) is 4.79 Å². The quantitative estimate of drug-likeness (QED) is 0.408. The van der Waals surface area contributed by atoms with Crippen molar-refractivity contribution in [1.29, 1.82) is 0 Å². The van der Waals surface area contributed by atoms with E-state index in [1.54, 1.807) is 6.20 Å². The van der Waals surface area contributed by atoms with Crippen molar-refractivity contribution in [1.82, 2.24) is 15.3 Å². The molecule has 4 rings (SSSR count). The molecule has 0 saturated carbocycles. The molecular formula is C25H26ClFN4O5S. The topological polar surface area (TPSA) is 144 Å². The second-order valence-corrected chi connectivity index (χ2v) is 11.3. The Morgan fingerprint density at radius 3 is 2.65 bits per heavy atom. The van der Waals surface area contributed by atoms with Crippen LogP contribution in [0.25, 0.3) is 11.3 Å². The van der Waals surface area contributed by atoms with E-state index in [0.717, 1.165) is 30.9 Å². The van der Waals surface area contributed by atoms with E-state index in [-0.39, 0.29) is 32.8 Å². The van der Waals surface area contributed by atoms with Gasteiger partial charge >= 0.3 is 0 Å². The van der Waals surface area contributed by atoms with Gasteiger partial charge in [0.2, 0.25) is 0 Å². The third kappa shape index (κ3) is 6.24. The first-order valence-corrected chi connectivity index (χ1v) is 13.8. The van der Waals surface area contributed by atoms with Crippen molar-refractivity contribution in [3.63, 3.8) is 0 Å². The van der Waals surface area contributed by atoms with Crippen LogP contribution in [0.15, 0.2) is 47.5 Å². The van der Waals surface area contributed by atoms with E-state index in [1.165, 1.54) is 30.3 Å². The number of benzene rings is 2. The first-order chi connectivity index (χ1) is 17.6. The van der Waals surface area contributed by atoms with Crippen LogP contribution in [0.5, 0.6) is 0 Å². The Kier molecular flexibility index (Phi) is 8.08. The molecule has 1 fully saturated rings. The zero-order chi connectivity index (χ0) is 26.7. The van der Waals surface area contributed by atoms with Crippen molar-refractivity contribution in [3.05, 3.63) is 70.3 Å². The van der Waals surface area contributed by atoms with Crippen molar-refractivity contribution in [2.75, 3.05) is 31.8 Å². The van der Waals surface area contributed by atoms with Crippen LogP contribution < -0.4 is 11.1 Å². The van der Waals surface area contributed by atoms with Gasteiger partial charge in [0.25, 0.3) is 5.91 Å². The molecular weight excluding hydrogens is 523 g/mol. The molecule has 12 heteroatoms. The number of aliphatic hydroxyl groups is 1. The predicted molar refractivity (Wildman–Crippen MR) is 136 cm³/mol. The summed E-state index contributed by atoms with van der Waals surface area (Å²) in [6.45, 7) is 0.689. The number of nitrogens with two attached hydrogens (primary N) is 1. The fourth-order valence-electron chi connectivity index (χ4n) is 4.13. The van der Waals surface area contributed by atoms with Gasteiger partial charge in [-0.2, -0.15) is 0 Å². The number of anilines is 1. The fourth-order valence-corrected chi connectivity index (χ4v) is 5.13. The zero-order valence-electron chi connectivity index (χ0n) is 19.9. The van der Waals surface area contributed by atoms with E-state index >= 15 is 4.39 Å². The highest BCUT2D eigenvalue weighted by molar-refractivity contribution is 7.90. The first kappa shape index (κ1) is 26.9. The van der Waals surface area contributed by atoms with Crippen molar-refractivity contribution in [3.8, 4) is 11.3 Å². The molecule has 2 heterocycles. The fraction of sp³-hybridized carbons (Fsp3) is 0.320. The minimum atomic E-state index is -3.59. The third-order valence-corrected chi connectivity index (χ3v) is 7.47. The van der Waals surface area contributed by atoms with E-state index in [2.05, 4.69) is 15.3 Å². The second kappa shape index (κ2) is 11.1. The molecule has 0 spiro atoms. The van der Waals surface area contributed by atoms with Gasteiger partial charge in [0.15, 0.2) is 9.84 Å². The minimum Gasteiger partial charge on any atom is -0.394 e. The molecule has 3 aromatic rings. The summed E-state index contributed by atoms with van der Waals surface area (Å²) in [6, 6.07) is 6.91. The average molecular weight is 549 g/mol. The molecule has 2 aromatic carbocycles. The minimum absolute atomic E-state index is 0.0695. The number of halogens is 2. The van der Waals surface area contributed by atoms with Gasteiger partial charge in [0, 0.05) is 36.0 Å². The number of nitrogen functional groups attached to an aromatic ring is 1. The average Bonchev–Trinajstić information content (AvgIpc) is 2.87. The Morgan fingerprint density at radius 2 is 2.00 bits per heavy atom. The molecule has 0 unspecified atom stereocenters. The third-order valence-electron chi connectivity index (χ3n) is 6.16. The van der Waals surface area contributed by atoms with Crippen molar-refractivity contribution < 1.29 is 27.4 Å². The molecule has 1 aliphatic heterocycles. The van der Waals surface area contributed by atoms with Crippen LogP contribution >= 0.6 is 11.6 Å². The Bertz CT molecular complexity index is 1430. The van der Waals surface area contributed by atoms with Gasteiger partial charge in [-0.25, -0.2) is 22.8 Å². The molecule has 1 atom stereocenters. The van der Waals surface area contributed by atoms with Crippen molar-refractivity contribution in [2.45, 2.75) is 29.7 Å². The van der Waals surface area contributed by atoms with E-state index in [0.29, 0.717) is 24.5 Å². The summed E-state index contributed by atoms with van der Waals surface area (Å²) in [4.78, 5) is 21.6. The zero-order valence-corrected chi connectivity index (χ0v) is 21.5. The van der Waals surface area contributed by atoms with Crippen LogP contribution in [0, 0.1) is 5.82 Å². The number of nitrogens with zero attached hydrogens (tertiary/aromatic N) is 2. The van der Waals surface area contributed by atoms with Gasteiger partial charge in [-0.05, 0) is 48.7 Å². The Morgan fingerprint density at radius 1 is 1.27 bits per heavy atom. The van der Waals surface area contributed by atoms with Crippen LogP contribution in [-0.2, 0) is 14.6 Å². The molecule has 4 N–H and O–H groups in total. The Labute approximate surface area is 218 Å². The number of rotatable bonds is 7. The van der Waals surface area contributed by atoms with Crippen LogP contribution in [0.3, 0.4) is 0 Å². The van der Waals surface area contributed by atoms with Gasteiger partial charge in [0.05, 0.1) is 35.0 Å². The number of hydrogen-bond acceptors (Lipinski definition) is 8. The monoisotopic (exact) mass is 548 g/mol. The largest absolute Gasteiger partial charge is 0.394 e. The summed E-state index contributed by atoms with van der Waals surface area (Å²) >= 11 is 6.04. The normalized spacial score (nSPS) is 15.4. The van der Waals surface area contributed by atoms with Crippen molar-refractivity contribution in [2.24, 2.45) is 0 Å². The van der Waals surface area contributed by atoms with E-state index in [1.807, 2.05) is 0 Å². The highest BCUT2D eigenvalue weighted by atomic mass is 35.5. The number of carbonyl (C=O) groups is 1. The van der Waals surface area contributed by atoms with Gasteiger partial charge < -0.3 is 20.9 Å². The maximum Gasteiger partial charge on any atom is 0.254 e. The molecule has 196 valence electrons. The summed E-state index contributed by atoms with van der Waals surface area (Å²) in [7, 11) is -3.59. The lowest BCUT2D eigenvalue weighted by Gasteiger charge is -2.22. The number of carbonyl (C=O) groups excluding carboxylic acids is 1. The number of aliphatic hydroxyl groups excluding tert-OH is 1. The number of ether oxygens (including phenoxy) is 1. The van der Waals surface area contributed by atoms with Crippen LogP contribution in [0.4, 0.5) is 10.2 Å². The lowest BCUT2D eigenvalue weighted by atomic mass is 9.96. The maximum absolute atomic E-state index is 15.1. The highest BCUT2D eigenvalue weighted by Crippen LogP contribution is 2.30. The van der Waals surface area contributed by atoms with Crippen LogP contribution in [-0.4, -0.2) is 55.5 Å². The summed E-state index contributed by atoms with van der Waals surface area (Å²) in [5.74, 6) is -1.33. The standard InChI is InChI=1S/C25H26ClFN4O5S/c1-37(34,35)18-9-16(8-17(26)11-18)22(13-32)31-25(33)19-3-2-15(10-20(19)27)23-24(28)29-12-21(30-23)14-4-6-36-7-5-14/h2-3,8-12,14,22,32H,4-7,13H2,1H3,(H2,28,29)(H,31,33)/t22-/m1/s1. The Balaban J connectivity index is 1.58. The number of amides is 1. The SMILES string of the molecule is CS(=O)(=O)c1cc(Cl)cc([C@@H](CO)NC(=O)c2ccc(-c3nc(C4CCOCC4)cnc3N)cc2F)c1. The smallest absolute Gasteiger partial charge is 0.254 e. The molecule has 0 bridgehead atoms. The molecule has 37 heavy (non-hydrogen) atoms. The lowest BCUT2D eigenvalue weighted by molar-refractivity contribution is 0.0844. The molecule has 0 aliphatic carbocycles. The first-order valence-electron chi connectivity index (χ1n) is 11.5. The highest BCUT2D eigenvalue weighted by Gasteiger charge is 2.23. The molecule has 1 aliphatic rings. The second-order valence-electron chi connectivity index (χ2n) is 8.81. The van der Waals surface area contributed by atoms with E-state index in [9.17, 15) is 18.3 Å². The van der Waals surface area contributed by atoms with Gasteiger partial charge in [0.1, 0.15) is 17.3 Å². The molecule has 1 aromatic heterocycles. The summed E-state index contributed by atoms with van der Waals surface area (Å²) in [6.07, 6.45) is 4.24. The van der Waals surface area contributed by atoms with Gasteiger partial charge in [-0.1, -0.05) is 17.7 Å². The number of sulfone groups is 1. The molecule has 0 radical (unpaired) electrons. The number of hydrogen-bond donors (Lipinski definition) is 3. The molecule has 9 nitrogen and oxygen atoms in total. The van der Waals surface area contributed by atoms with Gasteiger partial charge in [-0.15, -0.1) is 0 Å². The van der Waals surface area contributed by atoms with Crippen LogP contribution in [0.1, 0.15) is 46.4 Å². The molecule has 1 saturated heterocycles. The predicted octanol–water partition coefficient (Wildman–Crippen LogP) is 3.28. The summed E-state index contributed by atoms with van der Waals surface area (Å²) < 4.78 is 44.4. The molecule has 1 amide bonds. The maximum atomic E-state index is 15.1. The summed E-state index contributed by atoms with van der Waals surface area (Å²) in [5.41, 5.74) is 7.42. The van der Waals surface area contributed by atoms with E-state index < -0.39 is 34.2 Å². The van der Waals surface area contributed by atoms with Crippen molar-refractivity contribution >= 4 is 33.2 Å². The van der Waals surface area contributed by atoms with Crippen LogP contribution in [0.2, 0.25) is 5.02 Å². The Hall–Kier alpha value is -3.12. The van der Waals surface area contributed by atoms with E-state index in [4.69, 9.17) is 22.1 Å². The lowest BCUT2D eigenvalue weighted by Crippen LogP contribution is -2.31. The number of aromatic nitrogens is 2.